The average Bonchev–Trinajstić information content (AvgIpc) is 2.76. The third-order valence-electron chi connectivity index (χ3n) is 4.30. The molecule has 2 rings (SSSR count). The molecule has 6 N–H and O–H groups in total. The van der Waals surface area contributed by atoms with Gasteiger partial charge in [0.1, 0.15) is 18.0 Å². The topological polar surface area (TPSA) is 138 Å². The molecule has 168 valence electrons. The van der Waals surface area contributed by atoms with Crippen molar-refractivity contribution in [2.24, 2.45) is 5.73 Å². The van der Waals surface area contributed by atoms with Crippen LogP contribution in [0.15, 0.2) is 42.5 Å². The zero-order valence-electron chi connectivity index (χ0n) is 17.7. The number of methoxy groups -OCH3 is 1. The summed E-state index contributed by atoms with van der Waals surface area (Å²) in [5, 5.41) is 5.90. The van der Waals surface area contributed by atoms with Crippen molar-refractivity contribution in [1.82, 2.24) is 5.32 Å². The standard InChI is InChI=1S/C22H30N4O5/c1-29-11-6-12-30-19-14-17(21(24)27)13-18(23)20(19)25-9-5-10-26-22(28)31-15-16-7-3-2-4-8-16/h2-4,7-8,13-14,25H,5-6,9-12,15,23H2,1H3,(H2,24,27)(H,26,28). The molecule has 9 nitrogen and oxygen atoms in total. The summed E-state index contributed by atoms with van der Waals surface area (Å²) in [6, 6.07) is 12.5. The van der Waals surface area contributed by atoms with Gasteiger partial charge >= 0.3 is 6.09 Å². The molecule has 0 aliphatic rings. The summed E-state index contributed by atoms with van der Waals surface area (Å²) in [5.41, 5.74) is 13.6. The third-order valence-corrected chi connectivity index (χ3v) is 4.30. The van der Waals surface area contributed by atoms with Crippen LogP contribution in [0.5, 0.6) is 5.75 Å². The highest BCUT2D eigenvalue weighted by Crippen LogP contribution is 2.32. The van der Waals surface area contributed by atoms with Crippen molar-refractivity contribution < 1.29 is 23.8 Å². The highest BCUT2D eigenvalue weighted by atomic mass is 16.5. The van der Waals surface area contributed by atoms with Crippen LogP contribution in [-0.2, 0) is 16.1 Å². The zero-order valence-corrected chi connectivity index (χ0v) is 17.7. The average molecular weight is 431 g/mol. The van der Waals surface area contributed by atoms with Crippen LogP contribution < -0.4 is 26.8 Å². The third kappa shape index (κ3) is 8.43. The second-order valence-corrected chi connectivity index (χ2v) is 6.77. The molecule has 0 aromatic heterocycles. The largest absolute Gasteiger partial charge is 0.491 e. The number of hydrogen-bond acceptors (Lipinski definition) is 7. The van der Waals surface area contributed by atoms with Crippen LogP contribution in [0.1, 0.15) is 28.8 Å². The fourth-order valence-electron chi connectivity index (χ4n) is 2.73. The molecule has 0 radical (unpaired) electrons. The van der Waals surface area contributed by atoms with Crippen molar-refractivity contribution in [3.8, 4) is 5.75 Å². The van der Waals surface area contributed by atoms with Crippen LogP contribution in [0, 0.1) is 0 Å². The van der Waals surface area contributed by atoms with Crippen LogP contribution in [0.3, 0.4) is 0 Å². The van der Waals surface area contributed by atoms with Crippen molar-refractivity contribution in [3.05, 3.63) is 53.6 Å². The lowest BCUT2D eigenvalue weighted by Gasteiger charge is -2.17. The van der Waals surface area contributed by atoms with Crippen LogP contribution in [0.25, 0.3) is 0 Å². The molecule has 0 atom stereocenters. The maximum atomic E-state index is 11.8. The summed E-state index contributed by atoms with van der Waals surface area (Å²) in [5.74, 6) is -0.140. The maximum Gasteiger partial charge on any atom is 0.407 e. The SMILES string of the molecule is COCCCOc1cc(C(N)=O)cc(N)c1NCCCNC(=O)OCc1ccccc1. The predicted molar refractivity (Wildman–Crippen MR) is 119 cm³/mol. The number of amides is 2. The molecule has 2 aromatic carbocycles. The summed E-state index contributed by atoms with van der Waals surface area (Å²) >= 11 is 0. The second kappa shape index (κ2) is 13.0. The fraction of sp³-hybridized carbons (Fsp3) is 0.364. The monoisotopic (exact) mass is 430 g/mol. The lowest BCUT2D eigenvalue weighted by molar-refractivity contribution is 0.0999. The Kier molecular flexibility index (Phi) is 9.96. The molecule has 9 heteroatoms. The number of ether oxygens (including phenoxy) is 3. The van der Waals surface area contributed by atoms with Crippen molar-refractivity contribution in [2.45, 2.75) is 19.4 Å². The molecule has 0 bridgehead atoms. The van der Waals surface area contributed by atoms with Gasteiger partial charge in [-0.3, -0.25) is 4.79 Å². The quantitative estimate of drug-likeness (QED) is 0.283. The Morgan fingerprint density at radius 3 is 2.52 bits per heavy atom. The van der Waals surface area contributed by atoms with Crippen molar-refractivity contribution in [2.75, 3.05) is 44.5 Å². The molecule has 0 spiro atoms. The van der Waals surface area contributed by atoms with Crippen LogP contribution >= 0.6 is 0 Å². The van der Waals surface area contributed by atoms with Gasteiger partial charge in [-0.05, 0) is 24.1 Å². The summed E-state index contributed by atoms with van der Waals surface area (Å²) < 4.78 is 15.9. The summed E-state index contributed by atoms with van der Waals surface area (Å²) in [6.07, 6.45) is 0.836. The van der Waals surface area contributed by atoms with E-state index in [0.29, 0.717) is 56.3 Å². The number of nitrogens with two attached hydrogens (primary N) is 2. The fourth-order valence-corrected chi connectivity index (χ4v) is 2.73. The minimum absolute atomic E-state index is 0.220. The number of benzene rings is 2. The van der Waals surface area contributed by atoms with E-state index in [0.717, 1.165) is 5.56 Å². The first-order valence-corrected chi connectivity index (χ1v) is 10.0. The second-order valence-electron chi connectivity index (χ2n) is 6.77. The molecule has 0 saturated carbocycles. The number of primary amides is 1. The van der Waals surface area contributed by atoms with Crippen molar-refractivity contribution in [1.29, 1.82) is 0 Å². The molecule has 0 fully saturated rings. The molecular weight excluding hydrogens is 400 g/mol. The van der Waals surface area contributed by atoms with E-state index in [9.17, 15) is 9.59 Å². The Bertz CT molecular complexity index is 845. The Labute approximate surface area is 182 Å². The van der Waals surface area contributed by atoms with E-state index in [1.165, 1.54) is 6.07 Å². The first-order valence-electron chi connectivity index (χ1n) is 10.0. The van der Waals surface area contributed by atoms with E-state index in [1.807, 2.05) is 30.3 Å². The van der Waals surface area contributed by atoms with Gasteiger partial charge in [-0.25, -0.2) is 4.79 Å². The molecule has 2 amide bonds. The number of nitrogens with one attached hydrogen (secondary N) is 2. The summed E-state index contributed by atoms with van der Waals surface area (Å²) in [4.78, 5) is 23.3. The van der Waals surface area contributed by atoms with Gasteiger partial charge in [-0.2, -0.15) is 0 Å². The van der Waals surface area contributed by atoms with Crippen molar-refractivity contribution >= 4 is 23.4 Å². The predicted octanol–water partition coefficient (Wildman–Crippen LogP) is 2.51. The van der Waals surface area contributed by atoms with Crippen LogP contribution in [-0.4, -0.2) is 45.4 Å². The smallest absolute Gasteiger partial charge is 0.407 e. The van der Waals surface area contributed by atoms with Crippen LogP contribution in [0.2, 0.25) is 0 Å². The van der Waals surface area contributed by atoms with E-state index in [1.54, 1.807) is 13.2 Å². The minimum Gasteiger partial charge on any atom is -0.491 e. The molecule has 31 heavy (non-hydrogen) atoms. The van der Waals surface area contributed by atoms with E-state index in [4.69, 9.17) is 25.7 Å². The van der Waals surface area contributed by atoms with Gasteiger partial charge in [0, 0.05) is 38.8 Å². The molecule has 0 heterocycles. The van der Waals surface area contributed by atoms with Gasteiger partial charge < -0.3 is 36.3 Å². The first kappa shape index (κ1) is 23.8. The number of alkyl carbamates (subject to hydrolysis) is 1. The number of carbonyl (C=O) groups excluding carboxylic acids is 2. The number of hydrogen-bond donors (Lipinski definition) is 4. The Balaban J connectivity index is 1.80. The minimum atomic E-state index is -0.585. The number of anilines is 2. The van der Waals surface area contributed by atoms with Crippen molar-refractivity contribution in [3.63, 3.8) is 0 Å². The summed E-state index contributed by atoms with van der Waals surface area (Å²) in [7, 11) is 1.62. The van der Waals surface area contributed by atoms with Gasteiger partial charge in [0.05, 0.1) is 12.3 Å². The number of rotatable bonds is 13. The number of nitrogen functional groups attached to an aromatic ring is 1. The van der Waals surface area contributed by atoms with Gasteiger partial charge in [-0.1, -0.05) is 30.3 Å². The van der Waals surface area contributed by atoms with Gasteiger partial charge in [0.15, 0.2) is 0 Å². The lowest BCUT2D eigenvalue weighted by atomic mass is 10.1. The molecule has 2 aromatic rings. The summed E-state index contributed by atoms with van der Waals surface area (Å²) in [6.45, 7) is 2.12. The molecule has 0 aliphatic carbocycles. The molecular formula is C22H30N4O5. The highest BCUT2D eigenvalue weighted by Gasteiger charge is 2.13. The van der Waals surface area contributed by atoms with Gasteiger partial charge in [0.25, 0.3) is 0 Å². The normalized spacial score (nSPS) is 10.4. The van der Waals surface area contributed by atoms with Gasteiger partial charge in [0.2, 0.25) is 5.91 Å². The Morgan fingerprint density at radius 2 is 1.81 bits per heavy atom. The van der Waals surface area contributed by atoms with Gasteiger partial charge in [-0.15, -0.1) is 0 Å². The molecule has 0 saturated heterocycles. The number of carbonyl (C=O) groups is 2. The maximum absolute atomic E-state index is 11.8. The molecule has 0 unspecified atom stereocenters. The lowest BCUT2D eigenvalue weighted by Crippen LogP contribution is -2.26. The highest BCUT2D eigenvalue weighted by molar-refractivity contribution is 5.96. The Hall–Kier alpha value is -3.46. The van der Waals surface area contributed by atoms with E-state index in [-0.39, 0.29) is 12.2 Å². The molecule has 0 aliphatic heterocycles. The van der Waals surface area contributed by atoms with Crippen LogP contribution in [0.4, 0.5) is 16.2 Å². The van der Waals surface area contributed by atoms with E-state index < -0.39 is 12.0 Å². The first-order chi connectivity index (χ1) is 15.0. The van der Waals surface area contributed by atoms with E-state index in [2.05, 4.69) is 10.6 Å². The Morgan fingerprint density at radius 1 is 1.03 bits per heavy atom. The zero-order chi connectivity index (χ0) is 22.5. The van der Waals surface area contributed by atoms with E-state index >= 15 is 0 Å².